The molecule has 0 heterocycles. The molecule has 2 N–H and O–H groups in total. The second-order valence-electron chi connectivity index (χ2n) is 19.8. The molecular weight excluding hydrogens is 1020 g/mol. The van der Waals surface area contributed by atoms with Gasteiger partial charge >= 0.3 is 6.16 Å². The van der Waals surface area contributed by atoms with Gasteiger partial charge in [-0.15, -0.1) is 0 Å². The van der Waals surface area contributed by atoms with Crippen LogP contribution in [0, 0.1) is 0 Å². The molecule has 0 fully saturated rings. The number of aliphatic hydroxyl groups excluding tert-OH is 2. The highest BCUT2D eigenvalue weighted by Crippen LogP contribution is 2.49. The van der Waals surface area contributed by atoms with Gasteiger partial charge in [-0.25, -0.2) is 4.79 Å². The maximum Gasteiger partial charge on any atom is 0.508 e. The molecular formula is C73H58O9. The highest BCUT2D eigenvalue weighted by molar-refractivity contribution is 6.12. The summed E-state index contributed by atoms with van der Waals surface area (Å²) in [7, 11) is 0. The van der Waals surface area contributed by atoms with E-state index >= 15 is 0 Å². The van der Waals surface area contributed by atoms with Gasteiger partial charge in [0.15, 0.2) is 0 Å². The van der Waals surface area contributed by atoms with Crippen LogP contribution in [-0.4, -0.2) is 69.2 Å². The van der Waals surface area contributed by atoms with Gasteiger partial charge in [-0.05, 0) is 136 Å². The average molecular weight is 1080 g/mol. The minimum absolute atomic E-state index is 0.0208. The fourth-order valence-corrected chi connectivity index (χ4v) is 10.9. The molecule has 82 heavy (non-hydrogen) atoms. The maximum atomic E-state index is 13.3. The SMILES string of the molecule is O=C(OCCOc1ccc2cc(-c3ccccc3)ccc2c1-c1c(OCCO)ccc2cc(-c3ccccc3)ccc12)OCCOc1ccc2cc(-c3ccccc3)ccc2c1-c1c(OCCO)ccc2cc(-c3ccccc3)ccc12. The molecule has 12 aromatic rings. The highest BCUT2D eigenvalue weighted by atomic mass is 16.7. The summed E-state index contributed by atoms with van der Waals surface area (Å²) in [6.07, 6.45) is -0.863. The quantitative estimate of drug-likeness (QED) is 0.0569. The Bertz CT molecular complexity index is 3930. The van der Waals surface area contributed by atoms with Gasteiger partial charge < -0.3 is 38.6 Å². The lowest BCUT2D eigenvalue weighted by Gasteiger charge is -2.20. The zero-order valence-corrected chi connectivity index (χ0v) is 45.0. The number of rotatable bonds is 20. The van der Waals surface area contributed by atoms with Crippen LogP contribution in [0.1, 0.15) is 0 Å². The third-order valence-electron chi connectivity index (χ3n) is 14.7. The van der Waals surface area contributed by atoms with Crippen LogP contribution in [0.4, 0.5) is 4.79 Å². The van der Waals surface area contributed by atoms with Crippen LogP contribution >= 0.6 is 0 Å². The van der Waals surface area contributed by atoms with Crippen LogP contribution in [0.25, 0.3) is 110 Å². The number of fused-ring (bicyclic) bond motifs is 4. The molecule has 0 aromatic heterocycles. The van der Waals surface area contributed by atoms with E-state index in [-0.39, 0.29) is 52.9 Å². The van der Waals surface area contributed by atoms with E-state index in [1.807, 2.05) is 121 Å². The topological polar surface area (TPSA) is 113 Å². The van der Waals surface area contributed by atoms with E-state index in [0.29, 0.717) is 23.0 Å². The molecule has 9 heteroatoms. The molecule has 0 aliphatic rings. The summed E-state index contributed by atoms with van der Waals surface area (Å²) in [6.45, 7) is -0.277. The van der Waals surface area contributed by atoms with Crippen molar-refractivity contribution < 1.29 is 43.4 Å². The Kier molecular flexibility index (Phi) is 15.8. The third kappa shape index (κ3) is 11.3. The largest absolute Gasteiger partial charge is 0.508 e. The molecule has 0 saturated heterocycles. The lowest BCUT2D eigenvalue weighted by molar-refractivity contribution is 0.0384. The Labute approximate surface area is 475 Å². The monoisotopic (exact) mass is 1080 g/mol. The van der Waals surface area contributed by atoms with E-state index in [9.17, 15) is 15.0 Å². The van der Waals surface area contributed by atoms with Crippen molar-refractivity contribution in [2.75, 3.05) is 52.9 Å². The second kappa shape index (κ2) is 24.6. The summed E-state index contributed by atoms with van der Waals surface area (Å²) in [5, 5.41) is 27.6. The first kappa shape index (κ1) is 52.8. The van der Waals surface area contributed by atoms with Crippen LogP contribution in [-0.2, 0) is 9.47 Å². The van der Waals surface area contributed by atoms with E-state index in [2.05, 4.69) is 121 Å². The van der Waals surface area contributed by atoms with Crippen molar-refractivity contribution >= 4 is 49.2 Å². The predicted molar refractivity (Wildman–Crippen MR) is 329 cm³/mol. The number of carbonyl (C=O) groups excluding carboxylic acids is 1. The fraction of sp³-hybridized carbons (Fsp3) is 0.110. The molecule has 0 saturated carbocycles. The van der Waals surface area contributed by atoms with Gasteiger partial charge in [-0.3, -0.25) is 0 Å². The van der Waals surface area contributed by atoms with E-state index < -0.39 is 6.16 Å². The first-order valence-corrected chi connectivity index (χ1v) is 27.5. The maximum absolute atomic E-state index is 13.3. The van der Waals surface area contributed by atoms with E-state index in [1.54, 1.807) is 0 Å². The molecule has 0 amide bonds. The first-order chi connectivity index (χ1) is 40.5. The number of benzene rings is 12. The normalized spacial score (nSPS) is 11.2. The number of carbonyl (C=O) groups is 1. The number of hydrogen-bond donors (Lipinski definition) is 2. The van der Waals surface area contributed by atoms with Crippen molar-refractivity contribution in [3.63, 3.8) is 0 Å². The van der Waals surface area contributed by atoms with Crippen molar-refractivity contribution in [2.45, 2.75) is 0 Å². The molecule has 12 rings (SSSR count). The van der Waals surface area contributed by atoms with Crippen molar-refractivity contribution in [3.8, 4) is 89.8 Å². The summed E-state index contributed by atoms with van der Waals surface area (Å²) >= 11 is 0. The molecule has 0 radical (unpaired) electrons. The summed E-state index contributed by atoms with van der Waals surface area (Å²) in [6, 6.07) is 82.6. The third-order valence-corrected chi connectivity index (χ3v) is 14.7. The van der Waals surface area contributed by atoms with Crippen molar-refractivity contribution in [1.82, 2.24) is 0 Å². The summed E-state index contributed by atoms with van der Waals surface area (Å²) in [5.74, 6) is 2.32. The lowest BCUT2D eigenvalue weighted by Crippen LogP contribution is -2.17. The summed E-state index contributed by atoms with van der Waals surface area (Å²) in [5.41, 5.74) is 12.0. The molecule has 404 valence electrons. The Hall–Kier alpha value is -9.93. The minimum Gasteiger partial charge on any atom is -0.491 e. The molecule has 0 spiro atoms. The molecule has 0 atom stereocenters. The van der Waals surface area contributed by atoms with Gasteiger partial charge in [-0.2, -0.15) is 0 Å². The Morgan fingerprint density at radius 3 is 0.780 bits per heavy atom. The standard InChI is InChI=1S/C73H58O9/c74-37-39-77-65-33-25-57-45-53(49-13-5-1-6-14-49)21-29-61(57)69(65)71-63-31-23-55(51-17-9-3-10-18-51)47-59(63)27-35-67(71)79-41-43-81-73(76)82-44-42-80-68-36-28-60-48-56(52-19-11-4-12-20-52)24-32-64(60)72(68)70-62-30-22-54(50-15-7-2-8-16-50)46-58(62)26-34-66(70)78-40-38-75/h1-36,45-48,74-75H,37-44H2. The Balaban J connectivity index is 0.800. The van der Waals surface area contributed by atoms with Gasteiger partial charge in [0.1, 0.15) is 62.6 Å². The molecule has 0 bridgehead atoms. The van der Waals surface area contributed by atoms with Gasteiger partial charge in [0.05, 0.1) is 13.2 Å². The zero-order valence-electron chi connectivity index (χ0n) is 45.0. The van der Waals surface area contributed by atoms with Crippen LogP contribution in [0.15, 0.2) is 243 Å². The average Bonchev–Trinajstić information content (AvgIpc) is 2.57. The fourth-order valence-electron chi connectivity index (χ4n) is 10.9. The first-order valence-electron chi connectivity index (χ1n) is 27.5. The van der Waals surface area contributed by atoms with Crippen LogP contribution in [0.2, 0.25) is 0 Å². The molecule has 0 unspecified atom stereocenters. The molecule has 9 nitrogen and oxygen atoms in total. The van der Waals surface area contributed by atoms with Gasteiger partial charge in [-0.1, -0.05) is 194 Å². The smallest absolute Gasteiger partial charge is 0.491 e. The van der Waals surface area contributed by atoms with Crippen LogP contribution in [0.3, 0.4) is 0 Å². The number of aliphatic hydroxyl groups is 2. The Morgan fingerprint density at radius 1 is 0.268 bits per heavy atom. The highest BCUT2D eigenvalue weighted by Gasteiger charge is 2.23. The van der Waals surface area contributed by atoms with E-state index in [4.69, 9.17) is 28.4 Å². The number of ether oxygens (including phenoxy) is 6. The lowest BCUT2D eigenvalue weighted by atomic mass is 9.90. The molecule has 0 aliphatic carbocycles. The minimum atomic E-state index is -0.863. The van der Waals surface area contributed by atoms with E-state index in [1.165, 1.54) is 0 Å². The zero-order chi connectivity index (χ0) is 55.6. The Morgan fingerprint density at radius 2 is 0.524 bits per heavy atom. The van der Waals surface area contributed by atoms with Gasteiger partial charge in [0.25, 0.3) is 0 Å². The molecule has 0 aliphatic heterocycles. The summed E-state index contributed by atoms with van der Waals surface area (Å²) < 4.78 is 37.0. The van der Waals surface area contributed by atoms with Crippen molar-refractivity contribution in [2.24, 2.45) is 0 Å². The second-order valence-corrected chi connectivity index (χ2v) is 19.8. The van der Waals surface area contributed by atoms with Crippen molar-refractivity contribution in [1.29, 1.82) is 0 Å². The van der Waals surface area contributed by atoms with Gasteiger partial charge in [0, 0.05) is 22.3 Å². The van der Waals surface area contributed by atoms with Crippen LogP contribution < -0.4 is 18.9 Å². The van der Waals surface area contributed by atoms with E-state index in [0.717, 1.165) is 110 Å². The summed E-state index contributed by atoms with van der Waals surface area (Å²) in [4.78, 5) is 13.3. The van der Waals surface area contributed by atoms with Crippen molar-refractivity contribution in [3.05, 3.63) is 243 Å². The molecule has 12 aromatic carbocycles. The number of hydrogen-bond acceptors (Lipinski definition) is 9. The van der Waals surface area contributed by atoms with Crippen LogP contribution in [0.5, 0.6) is 23.0 Å². The predicted octanol–water partition coefficient (Wildman–Crippen LogP) is 16.7. The van der Waals surface area contributed by atoms with Gasteiger partial charge in [0.2, 0.25) is 0 Å².